The zero-order valence-electron chi connectivity index (χ0n) is 20.8. The number of aliphatic hydroxyl groups excluding tert-OH is 1. The van der Waals surface area contributed by atoms with Crippen molar-refractivity contribution in [2.24, 2.45) is 11.8 Å². The SMILES string of the molecule is C[C@H](O)C(=O)N1C[C@H]2CC(Nc3c(-c4ncc(C5(O)CCN(C)CC5)s4)cnc4[nH]ccc34)C[C@H]2C1. The largest absolute Gasteiger partial charge is 0.384 e. The summed E-state index contributed by atoms with van der Waals surface area (Å²) in [6.45, 7) is 4.73. The molecule has 1 amide bonds. The number of aromatic nitrogens is 3. The van der Waals surface area contributed by atoms with E-state index < -0.39 is 11.7 Å². The van der Waals surface area contributed by atoms with Crippen molar-refractivity contribution in [3.63, 3.8) is 0 Å². The molecule has 6 rings (SSSR count). The molecule has 3 fully saturated rings. The van der Waals surface area contributed by atoms with Crippen LogP contribution in [0.2, 0.25) is 0 Å². The van der Waals surface area contributed by atoms with Gasteiger partial charge in [0.15, 0.2) is 0 Å². The van der Waals surface area contributed by atoms with Gasteiger partial charge >= 0.3 is 0 Å². The first-order chi connectivity index (χ1) is 17.3. The number of thiazole rings is 1. The number of piperidine rings is 1. The number of H-pyrrole nitrogens is 1. The van der Waals surface area contributed by atoms with Crippen molar-refractivity contribution in [1.82, 2.24) is 24.8 Å². The van der Waals surface area contributed by atoms with Gasteiger partial charge in [-0.2, -0.15) is 0 Å². The predicted octanol–water partition coefficient (Wildman–Crippen LogP) is 2.63. The van der Waals surface area contributed by atoms with Gasteiger partial charge in [0.2, 0.25) is 0 Å². The Bertz CT molecular complexity index is 1250. The fourth-order valence-electron chi connectivity index (χ4n) is 6.24. The molecule has 4 N–H and O–H groups in total. The predicted molar refractivity (Wildman–Crippen MR) is 140 cm³/mol. The summed E-state index contributed by atoms with van der Waals surface area (Å²) in [5, 5.41) is 26.7. The Labute approximate surface area is 214 Å². The van der Waals surface area contributed by atoms with Gasteiger partial charge in [0.05, 0.1) is 16.1 Å². The van der Waals surface area contributed by atoms with Crippen LogP contribution in [0.25, 0.3) is 21.6 Å². The number of pyridine rings is 1. The number of aliphatic hydroxyl groups is 2. The molecule has 0 bridgehead atoms. The molecular formula is C26H34N6O3S. The van der Waals surface area contributed by atoms with Crippen molar-refractivity contribution in [1.29, 1.82) is 0 Å². The van der Waals surface area contributed by atoms with Gasteiger partial charge in [0.1, 0.15) is 22.4 Å². The summed E-state index contributed by atoms with van der Waals surface area (Å²) in [7, 11) is 2.09. The number of nitrogens with one attached hydrogen (secondary N) is 2. The molecule has 192 valence electrons. The first kappa shape index (κ1) is 23.8. The van der Waals surface area contributed by atoms with Crippen molar-refractivity contribution in [2.45, 2.75) is 50.4 Å². The van der Waals surface area contributed by atoms with Gasteiger partial charge in [-0.1, -0.05) is 0 Å². The van der Waals surface area contributed by atoms with E-state index in [0.717, 1.165) is 71.2 Å². The highest BCUT2D eigenvalue weighted by molar-refractivity contribution is 7.15. The number of rotatable bonds is 5. The zero-order chi connectivity index (χ0) is 25.0. The third-order valence-corrected chi connectivity index (χ3v) is 9.59. The van der Waals surface area contributed by atoms with Crippen LogP contribution in [-0.4, -0.2) is 86.2 Å². The van der Waals surface area contributed by atoms with Gasteiger partial charge < -0.3 is 30.3 Å². The van der Waals surface area contributed by atoms with Crippen LogP contribution in [-0.2, 0) is 10.4 Å². The molecule has 1 unspecified atom stereocenters. The number of hydrogen-bond donors (Lipinski definition) is 4. The van der Waals surface area contributed by atoms with E-state index in [4.69, 9.17) is 4.98 Å². The summed E-state index contributed by atoms with van der Waals surface area (Å²) in [5.74, 6) is 0.731. The molecule has 4 atom stereocenters. The Hall–Kier alpha value is -2.53. The molecule has 0 radical (unpaired) electrons. The van der Waals surface area contributed by atoms with Gasteiger partial charge in [-0.25, -0.2) is 9.97 Å². The summed E-state index contributed by atoms with van der Waals surface area (Å²) in [6.07, 6.45) is 8.08. The molecule has 1 aliphatic carbocycles. The maximum Gasteiger partial charge on any atom is 0.251 e. The molecular weight excluding hydrogens is 476 g/mol. The molecule has 1 saturated carbocycles. The van der Waals surface area contributed by atoms with E-state index in [2.05, 4.69) is 27.2 Å². The smallest absolute Gasteiger partial charge is 0.251 e. The van der Waals surface area contributed by atoms with Crippen molar-refractivity contribution >= 4 is 34.0 Å². The lowest BCUT2D eigenvalue weighted by molar-refractivity contribution is -0.138. The second-order valence-corrected chi connectivity index (χ2v) is 11.9. The summed E-state index contributed by atoms with van der Waals surface area (Å²) < 4.78 is 0. The summed E-state index contributed by atoms with van der Waals surface area (Å²) in [6, 6.07) is 2.34. The van der Waals surface area contributed by atoms with Gasteiger partial charge in [0, 0.05) is 56.2 Å². The van der Waals surface area contributed by atoms with Gasteiger partial charge in [0.25, 0.3) is 5.91 Å². The first-order valence-electron chi connectivity index (χ1n) is 12.9. The van der Waals surface area contributed by atoms with Gasteiger partial charge in [-0.3, -0.25) is 4.79 Å². The summed E-state index contributed by atoms with van der Waals surface area (Å²) in [4.78, 5) is 29.8. The van der Waals surface area contributed by atoms with Crippen LogP contribution in [0.5, 0.6) is 0 Å². The number of nitrogens with zero attached hydrogens (tertiary/aromatic N) is 4. The first-order valence-corrected chi connectivity index (χ1v) is 13.7. The third kappa shape index (κ3) is 4.19. The molecule has 10 heteroatoms. The fourth-order valence-corrected chi connectivity index (χ4v) is 7.32. The molecule has 3 aromatic heterocycles. The van der Waals surface area contributed by atoms with Crippen molar-refractivity contribution in [2.75, 3.05) is 38.5 Å². The van der Waals surface area contributed by atoms with E-state index in [1.54, 1.807) is 18.3 Å². The van der Waals surface area contributed by atoms with Crippen LogP contribution in [0, 0.1) is 11.8 Å². The number of hydrogen-bond acceptors (Lipinski definition) is 8. The van der Waals surface area contributed by atoms with Crippen LogP contribution in [0.4, 0.5) is 5.69 Å². The lowest BCUT2D eigenvalue weighted by Gasteiger charge is -2.35. The number of likely N-dealkylation sites (tertiary alicyclic amines) is 2. The van der Waals surface area contributed by atoms with Crippen LogP contribution >= 0.6 is 11.3 Å². The lowest BCUT2D eigenvalue weighted by Crippen LogP contribution is -2.40. The van der Waals surface area contributed by atoms with Crippen LogP contribution in [0.3, 0.4) is 0 Å². The number of amides is 1. The maximum atomic E-state index is 12.2. The highest BCUT2D eigenvalue weighted by Gasteiger charge is 2.43. The van der Waals surface area contributed by atoms with E-state index in [0.29, 0.717) is 30.7 Å². The minimum absolute atomic E-state index is 0.162. The second kappa shape index (κ2) is 9.09. The van der Waals surface area contributed by atoms with Crippen LogP contribution in [0.15, 0.2) is 24.7 Å². The van der Waals surface area contributed by atoms with Gasteiger partial charge in [-0.15, -0.1) is 11.3 Å². The maximum absolute atomic E-state index is 12.2. The molecule has 3 aliphatic rings. The third-order valence-electron chi connectivity index (χ3n) is 8.36. The van der Waals surface area contributed by atoms with Gasteiger partial charge in [-0.05, 0) is 57.6 Å². The number of carbonyl (C=O) groups is 1. The standard InChI is InChI=1S/C26H34N6O3S/c1-15(33)25(34)32-13-16-9-18(10-17(16)14-32)30-22-19-3-6-27-23(19)28-11-20(22)24-29-12-21(36-24)26(35)4-7-31(2)8-5-26/h3,6,11-12,15-18,33,35H,4-5,7-10,13-14H2,1-2H3,(H2,27,28,30)/t15-,16-,17+,18?/m0/s1. The monoisotopic (exact) mass is 510 g/mol. The fraction of sp³-hybridized carbons (Fsp3) is 0.577. The average Bonchev–Trinajstić information content (AvgIpc) is 3.64. The van der Waals surface area contributed by atoms with Crippen molar-refractivity contribution in [3.05, 3.63) is 29.5 Å². The number of aromatic amines is 1. The van der Waals surface area contributed by atoms with E-state index in [9.17, 15) is 15.0 Å². The van der Waals surface area contributed by atoms with E-state index >= 15 is 0 Å². The highest BCUT2D eigenvalue weighted by atomic mass is 32.1. The summed E-state index contributed by atoms with van der Waals surface area (Å²) in [5.41, 5.74) is 2.00. The highest BCUT2D eigenvalue weighted by Crippen LogP contribution is 2.44. The molecule has 0 aromatic carbocycles. The minimum atomic E-state index is -0.935. The molecule has 3 aromatic rings. The molecule has 2 aliphatic heterocycles. The minimum Gasteiger partial charge on any atom is -0.384 e. The molecule has 9 nitrogen and oxygen atoms in total. The average molecular weight is 511 g/mol. The van der Waals surface area contributed by atoms with Crippen LogP contribution < -0.4 is 5.32 Å². The zero-order valence-corrected chi connectivity index (χ0v) is 21.6. The Morgan fingerprint density at radius 2 is 1.94 bits per heavy atom. The van der Waals surface area contributed by atoms with Crippen LogP contribution in [0.1, 0.15) is 37.5 Å². The number of fused-ring (bicyclic) bond motifs is 2. The Balaban J connectivity index is 1.24. The van der Waals surface area contributed by atoms with Crippen molar-refractivity contribution < 1.29 is 15.0 Å². The molecule has 5 heterocycles. The van der Waals surface area contributed by atoms with E-state index in [1.165, 1.54) is 0 Å². The molecule has 36 heavy (non-hydrogen) atoms. The van der Waals surface area contributed by atoms with Crippen molar-refractivity contribution in [3.8, 4) is 10.6 Å². The lowest BCUT2D eigenvalue weighted by atomic mass is 9.91. The Kier molecular flexibility index (Phi) is 6.02. The van der Waals surface area contributed by atoms with E-state index in [-0.39, 0.29) is 5.91 Å². The Morgan fingerprint density at radius 1 is 1.22 bits per heavy atom. The normalized spacial score (nSPS) is 26.9. The van der Waals surface area contributed by atoms with E-state index in [1.807, 2.05) is 29.6 Å². The summed E-state index contributed by atoms with van der Waals surface area (Å²) >= 11 is 1.56. The Morgan fingerprint density at radius 3 is 2.64 bits per heavy atom. The quantitative estimate of drug-likeness (QED) is 0.417. The number of carbonyl (C=O) groups excluding carboxylic acids is 1. The topological polar surface area (TPSA) is 118 Å². The number of anilines is 1. The molecule has 0 spiro atoms. The second-order valence-electron chi connectivity index (χ2n) is 10.9. The molecule has 2 saturated heterocycles.